The van der Waals surface area contributed by atoms with Crippen molar-refractivity contribution in [2.45, 2.75) is 12.5 Å². The number of hydrogen-bond acceptors (Lipinski definition) is 5. The van der Waals surface area contributed by atoms with E-state index in [2.05, 4.69) is 10.1 Å². The predicted octanol–water partition coefficient (Wildman–Crippen LogP) is 4.58. The fourth-order valence-electron chi connectivity index (χ4n) is 3.45. The van der Waals surface area contributed by atoms with Crippen molar-refractivity contribution < 1.29 is 23.5 Å². The summed E-state index contributed by atoms with van der Waals surface area (Å²) in [7, 11) is 1.29. The van der Waals surface area contributed by atoms with Gasteiger partial charge in [0, 0.05) is 16.8 Å². The standard InChI is InChI=1S/C25H21FN2O4.ClH/c1-31-25(30)21(27)14-15-6-9-17(10-7-15)32-23-11-8-16(13-20(23)26)12-19-18-4-2-3-5-22(18)28-24(19)29;/h2-13,21H,14,27H2,1H3,(H,28,29);1H/b19-12+;. The van der Waals surface area contributed by atoms with E-state index in [-0.39, 0.29) is 24.1 Å². The number of carbonyl (C=O) groups is 2. The van der Waals surface area contributed by atoms with E-state index in [9.17, 15) is 14.0 Å². The smallest absolute Gasteiger partial charge is 0.322 e. The van der Waals surface area contributed by atoms with Crippen LogP contribution >= 0.6 is 12.4 Å². The average Bonchev–Trinajstić information content (AvgIpc) is 3.11. The predicted molar refractivity (Wildman–Crippen MR) is 127 cm³/mol. The molecule has 1 aliphatic heterocycles. The first-order valence-corrected chi connectivity index (χ1v) is 9.97. The van der Waals surface area contributed by atoms with Gasteiger partial charge in [-0.25, -0.2) is 4.39 Å². The van der Waals surface area contributed by atoms with E-state index >= 15 is 0 Å². The van der Waals surface area contributed by atoms with E-state index in [1.54, 1.807) is 36.4 Å². The van der Waals surface area contributed by atoms with Crippen molar-refractivity contribution in [2.24, 2.45) is 5.73 Å². The summed E-state index contributed by atoms with van der Waals surface area (Å²) in [5, 5.41) is 2.79. The van der Waals surface area contributed by atoms with Crippen LogP contribution in [0.3, 0.4) is 0 Å². The number of carbonyl (C=O) groups excluding carboxylic acids is 2. The number of amides is 1. The Bertz CT molecular complexity index is 1210. The highest BCUT2D eigenvalue weighted by molar-refractivity contribution is 6.34. The number of para-hydroxylation sites is 1. The summed E-state index contributed by atoms with van der Waals surface area (Å²) >= 11 is 0. The molecule has 0 bridgehead atoms. The van der Waals surface area contributed by atoms with Crippen LogP contribution in [0.5, 0.6) is 11.5 Å². The Hall–Kier alpha value is -3.68. The molecule has 0 radical (unpaired) electrons. The molecule has 1 atom stereocenters. The largest absolute Gasteiger partial charge is 0.468 e. The minimum absolute atomic E-state index is 0. The molecular formula is C25H22ClFN2O4. The Balaban J connectivity index is 0.00000306. The number of nitrogens with one attached hydrogen (secondary N) is 1. The zero-order valence-corrected chi connectivity index (χ0v) is 18.5. The molecule has 1 amide bonds. The summed E-state index contributed by atoms with van der Waals surface area (Å²) in [5.74, 6) is -0.764. The molecule has 0 aliphatic carbocycles. The van der Waals surface area contributed by atoms with Gasteiger partial charge in [0.1, 0.15) is 11.8 Å². The van der Waals surface area contributed by atoms with Crippen LogP contribution < -0.4 is 15.8 Å². The number of fused-ring (bicyclic) bond motifs is 1. The Morgan fingerprint density at radius 3 is 2.55 bits per heavy atom. The van der Waals surface area contributed by atoms with Crippen molar-refractivity contribution in [1.82, 2.24) is 0 Å². The van der Waals surface area contributed by atoms with Gasteiger partial charge in [-0.15, -0.1) is 12.4 Å². The molecular weight excluding hydrogens is 447 g/mol. The zero-order valence-electron chi connectivity index (χ0n) is 17.7. The van der Waals surface area contributed by atoms with Crippen molar-refractivity contribution >= 4 is 41.6 Å². The Morgan fingerprint density at radius 1 is 1.12 bits per heavy atom. The lowest BCUT2D eigenvalue weighted by molar-refractivity contribution is -0.142. The molecule has 0 spiro atoms. The number of halogens is 2. The van der Waals surface area contributed by atoms with Gasteiger partial charge >= 0.3 is 5.97 Å². The fraction of sp³-hybridized carbons (Fsp3) is 0.120. The molecule has 0 saturated heterocycles. The van der Waals surface area contributed by atoms with Crippen LogP contribution in [0.25, 0.3) is 11.6 Å². The number of anilines is 1. The number of ether oxygens (including phenoxy) is 2. The van der Waals surface area contributed by atoms with E-state index in [0.29, 0.717) is 23.3 Å². The SMILES string of the molecule is COC(=O)C(N)Cc1ccc(Oc2ccc(/C=C3/C(=O)Nc4ccccc43)cc2F)cc1.Cl. The minimum Gasteiger partial charge on any atom is -0.468 e. The first-order valence-electron chi connectivity index (χ1n) is 9.97. The molecule has 0 aromatic heterocycles. The number of esters is 1. The van der Waals surface area contributed by atoms with Gasteiger partial charge in [0.15, 0.2) is 11.6 Å². The van der Waals surface area contributed by atoms with Gasteiger partial charge < -0.3 is 20.5 Å². The maximum Gasteiger partial charge on any atom is 0.322 e. The number of nitrogens with two attached hydrogens (primary N) is 1. The molecule has 0 fully saturated rings. The van der Waals surface area contributed by atoms with Crippen LogP contribution in [0.1, 0.15) is 16.7 Å². The van der Waals surface area contributed by atoms with Gasteiger partial charge in [0.05, 0.1) is 7.11 Å². The Kier molecular flexibility index (Phi) is 7.48. The summed E-state index contributed by atoms with van der Waals surface area (Å²) in [6.07, 6.45) is 1.97. The van der Waals surface area contributed by atoms with E-state index in [0.717, 1.165) is 16.8 Å². The highest BCUT2D eigenvalue weighted by Crippen LogP contribution is 2.33. The van der Waals surface area contributed by atoms with Crippen LogP contribution in [0.2, 0.25) is 0 Å². The molecule has 33 heavy (non-hydrogen) atoms. The molecule has 3 N–H and O–H groups in total. The lowest BCUT2D eigenvalue weighted by Gasteiger charge is -2.11. The second-order valence-electron chi connectivity index (χ2n) is 7.33. The van der Waals surface area contributed by atoms with Gasteiger partial charge in [-0.3, -0.25) is 9.59 Å². The molecule has 6 nitrogen and oxygen atoms in total. The second-order valence-corrected chi connectivity index (χ2v) is 7.33. The third-order valence-corrected chi connectivity index (χ3v) is 5.09. The first-order chi connectivity index (χ1) is 15.4. The second kappa shape index (κ2) is 10.3. The summed E-state index contributed by atoms with van der Waals surface area (Å²) in [6, 6.07) is 18.0. The Labute approximate surface area is 196 Å². The van der Waals surface area contributed by atoms with Gasteiger partial charge in [-0.1, -0.05) is 36.4 Å². The molecule has 1 unspecified atom stereocenters. The van der Waals surface area contributed by atoms with Crippen LogP contribution in [-0.4, -0.2) is 25.0 Å². The summed E-state index contributed by atoms with van der Waals surface area (Å²) in [4.78, 5) is 23.7. The molecule has 3 aromatic carbocycles. The number of methoxy groups -OCH3 is 1. The normalized spacial score (nSPS) is 14.2. The lowest BCUT2D eigenvalue weighted by atomic mass is 10.0. The molecule has 8 heteroatoms. The van der Waals surface area contributed by atoms with Gasteiger partial charge in [0.2, 0.25) is 0 Å². The molecule has 4 rings (SSSR count). The summed E-state index contributed by atoms with van der Waals surface area (Å²) in [6.45, 7) is 0. The van der Waals surface area contributed by atoms with Crippen molar-refractivity contribution in [3.63, 3.8) is 0 Å². The van der Waals surface area contributed by atoms with Crippen LogP contribution in [0, 0.1) is 5.82 Å². The highest BCUT2D eigenvalue weighted by Gasteiger charge is 2.23. The van der Waals surface area contributed by atoms with E-state index in [4.69, 9.17) is 10.5 Å². The van der Waals surface area contributed by atoms with Crippen molar-refractivity contribution in [3.05, 3.63) is 89.2 Å². The van der Waals surface area contributed by atoms with Crippen molar-refractivity contribution in [1.29, 1.82) is 0 Å². The van der Waals surface area contributed by atoms with Crippen LogP contribution in [0.4, 0.5) is 10.1 Å². The third kappa shape index (κ3) is 5.39. The molecule has 1 heterocycles. The third-order valence-electron chi connectivity index (χ3n) is 5.09. The lowest BCUT2D eigenvalue weighted by Crippen LogP contribution is -2.33. The molecule has 3 aromatic rings. The van der Waals surface area contributed by atoms with Gasteiger partial charge in [-0.2, -0.15) is 0 Å². The molecule has 170 valence electrons. The number of benzene rings is 3. The molecule has 1 aliphatic rings. The average molecular weight is 469 g/mol. The Morgan fingerprint density at radius 2 is 1.85 bits per heavy atom. The monoisotopic (exact) mass is 468 g/mol. The first kappa shape index (κ1) is 24.0. The maximum atomic E-state index is 14.7. The van der Waals surface area contributed by atoms with E-state index in [1.165, 1.54) is 19.2 Å². The molecule has 0 saturated carbocycles. The number of rotatable bonds is 6. The number of hydrogen-bond donors (Lipinski definition) is 2. The quantitative estimate of drug-likeness (QED) is 0.408. The summed E-state index contributed by atoms with van der Waals surface area (Å²) in [5.41, 5.74) is 9.14. The van der Waals surface area contributed by atoms with Crippen molar-refractivity contribution in [2.75, 3.05) is 12.4 Å². The van der Waals surface area contributed by atoms with E-state index in [1.807, 2.05) is 24.3 Å². The fourth-order valence-corrected chi connectivity index (χ4v) is 3.45. The topological polar surface area (TPSA) is 90.7 Å². The zero-order chi connectivity index (χ0) is 22.7. The van der Waals surface area contributed by atoms with E-state index < -0.39 is 17.8 Å². The van der Waals surface area contributed by atoms with Crippen LogP contribution in [0.15, 0.2) is 66.7 Å². The highest BCUT2D eigenvalue weighted by atomic mass is 35.5. The summed E-state index contributed by atoms with van der Waals surface area (Å²) < 4.78 is 24.9. The van der Waals surface area contributed by atoms with Gasteiger partial charge in [-0.05, 0) is 54.0 Å². The van der Waals surface area contributed by atoms with Crippen molar-refractivity contribution in [3.8, 4) is 11.5 Å². The maximum absolute atomic E-state index is 14.7. The van der Waals surface area contributed by atoms with Crippen LogP contribution in [-0.2, 0) is 20.7 Å². The minimum atomic E-state index is -0.750. The van der Waals surface area contributed by atoms with Gasteiger partial charge in [0.25, 0.3) is 5.91 Å².